The van der Waals surface area contributed by atoms with Crippen LogP contribution in [0.15, 0.2) is 312 Å². The van der Waals surface area contributed by atoms with Crippen LogP contribution >= 0.6 is 0 Å². The molecule has 0 saturated heterocycles. The van der Waals surface area contributed by atoms with Crippen LogP contribution in [0.1, 0.15) is 99.9 Å². The minimum atomic E-state index is -0.366. The van der Waals surface area contributed by atoms with Crippen molar-refractivity contribution in [2.24, 2.45) is 0 Å². The Bertz CT molecular complexity index is 7530. The highest BCUT2D eigenvalue weighted by molar-refractivity contribution is 6.25. The van der Waals surface area contributed by atoms with E-state index >= 15 is 0 Å². The second kappa shape index (κ2) is 21.5. The number of benzene rings is 18. The van der Waals surface area contributed by atoms with Gasteiger partial charge in [-0.3, -0.25) is 0 Å². The largest absolute Gasteiger partial charge is 0.456 e. The molecule has 2 heterocycles. The number of hydrogen-bond donors (Lipinski definition) is 0. The summed E-state index contributed by atoms with van der Waals surface area (Å²) in [7, 11) is 0. The SMILES string of the molecule is CC1(C)c2ccccc2-c2ccc(-c3c4ccccc4c(-c4ccc5c(c4)C(C)(C)c4cc6oc7ccc8cc(-c9ccc%10ccc%11c%12ccc%13c(c%12oc%11c%10c9)C(C)(C)c9cc(-c%10c%11ccccc%11c(-c%11ccc%12c(c%11)C(C)(C)c%11ccccc%11-%12)c%11ccccc%10%11)ccc9-%13)ccc8c7c6cc4-5)c4ccccc34)cc21. The molecule has 2 heteroatoms. The monoisotopic (exact) mass is 1400 g/mol. The molecule has 0 N–H and O–H groups in total. The summed E-state index contributed by atoms with van der Waals surface area (Å²) in [5, 5.41) is 19.3. The van der Waals surface area contributed by atoms with Gasteiger partial charge in [0.25, 0.3) is 0 Å². The summed E-state index contributed by atoms with van der Waals surface area (Å²) < 4.78 is 14.3. The van der Waals surface area contributed by atoms with Crippen LogP contribution in [-0.4, -0.2) is 0 Å². The average molecular weight is 1400 g/mol. The summed E-state index contributed by atoms with van der Waals surface area (Å²) in [5.74, 6) is 0. The van der Waals surface area contributed by atoms with Gasteiger partial charge in [-0.2, -0.15) is 0 Å². The van der Waals surface area contributed by atoms with Crippen molar-refractivity contribution in [1.82, 2.24) is 0 Å². The molecule has 0 spiro atoms. The topological polar surface area (TPSA) is 26.3 Å². The van der Waals surface area contributed by atoms with Crippen molar-refractivity contribution in [3.8, 4) is 100 Å². The zero-order chi connectivity index (χ0) is 73.3. The van der Waals surface area contributed by atoms with E-state index in [9.17, 15) is 0 Å². The first-order valence-electron chi connectivity index (χ1n) is 39.1. The van der Waals surface area contributed by atoms with Crippen LogP contribution in [0.25, 0.3) is 209 Å². The van der Waals surface area contributed by atoms with Gasteiger partial charge in [-0.15, -0.1) is 0 Å². The van der Waals surface area contributed by atoms with E-state index in [0.717, 1.165) is 65.8 Å². The van der Waals surface area contributed by atoms with Gasteiger partial charge in [0, 0.05) is 54.2 Å². The van der Waals surface area contributed by atoms with Gasteiger partial charge in [0.1, 0.15) is 22.3 Å². The molecule has 0 fully saturated rings. The first-order valence-corrected chi connectivity index (χ1v) is 39.1. The third-order valence-electron chi connectivity index (χ3n) is 27.0. The first kappa shape index (κ1) is 62.2. The van der Waals surface area contributed by atoms with E-state index in [2.05, 4.69) is 359 Å². The molecule has 4 aliphatic rings. The molecular formula is C108H74O2. The summed E-state index contributed by atoms with van der Waals surface area (Å²) in [6.07, 6.45) is 0. The van der Waals surface area contributed by atoms with Gasteiger partial charge in [0.15, 0.2) is 0 Å². The fraction of sp³-hybridized carbons (Fsp3) is 0.111. The molecule has 20 aromatic rings. The number of furan rings is 2. The Kier molecular flexibility index (Phi) is 12.2. The molecule has 0 unspecified atom stereocenters. The first-order chi connectivity index (χ1) is 53.6. The number of rotatable bonds is 5. The van der Waals surface area contributed by atoms with Crippen molar-refractivity contribution in [2.75, 3.05) is 0 Å². The van der Waals surface area contributed by atoms with Crippen molar-refractivity contribution in [2.45, 2.75) is 77.0 Å². The highest BCUT2D eigenvalue weighted by atomic mass is 16.3. The lowest BCUT2D eigenvalue weighted by molar-refractivity contribution is 0.621. The summed E-state index contributed by atoms with van der Waals surface area (Å²) in [5.41, 5.74) is 36.5. The molecule has 110 heavy (non-hydrogen) atoms. The molecule has 0 bridgehead atoms. The summed E-state index contributed by atoms with van der Waals surface area (Å²) >= 11 is 0. The molecule has 0 amide bonds. The van der Waals surface area contributed by atoms with Gasteiger partial charge in [-0.25, -0.2) is 0 Å². The Labute approximate surface area is 638 Å². The Hall–Kier alpha value is -12.9. The maximum absolute atomic E-state index is 7.41. The summed E-state index contributed by atoms with van der Waals surface area (Å²) in [4.78, 5) is 0. The maximum Gasteiger partial charge on any atom is 0.143 e. The van der Waals surface area contributed by atoms with Crippen molar-refractivity contribution in [3.05, 3.63) is 348 Å². The van der Waals surface area contributed by atoms with Gasteiger partial charge in [0.05, 0.1) is 0 Å². The van der Waals surface area contributed by atoms with Gasteiger partial charge in [-0.05, 0) is 265 Å². The molecule has 24 rings (SSSR count). The van der Waals surface area contributed by atoms with Crippen LogP contribution in [0.4, 0.5) is 0 Å². The summed E-state index contributed by atoms with van der Waals surface area (Å²) in [6.45, 7) is 19.1. The quantitative estimate of drug-likeness (QED) is 0.161. The fourth-order valence-corrected chi connectivity index (χ4v) is 21.6. The van der Waals surface area contributed by atoms with Gasteiger partial charge >= 0.3 is 0 Å². The highest BCUT2D eigenvalue weighted by Gasteiger charge is 2.42. The Morgan fingerprint density at radius 2 is 0.545 bits per heavy atom. The molecule has 518 valence electrons. The van der Waals surface area contributed by atoms with Crippen molar-refractivity contribution >= 4 is 109 Å². The van der Waals surface area contributed by atoms with Crippen LogP contribution in [0.2, 0.25) is 0 Å². The Morgan fingerprint density at radius 3 is 1.05 bits per heavy atom. The Morgan fingerprint density at radius 1 is 0.191 bits per heavy atom. The van der Waals surface area contributed by atoms with Crippen LogP contribution < -0.4 is 0 Å². The van der Waals surface area contributed by atoms with Crippen molar-refractivity contribution in [1.29, 1.82) is 0 Å². The van der Waals surface area contributed by atoms with Gasteiger partial charge < -0.3 is 8.83 Å². The zero-order valence-electron chi connectivity index (χ0n) is 62.7. The minimum absolute atomic E-state index is 0.100. The second-order valence-electron chi connectivity index (χ2n) is 34.0. The van der Waals surface area contributed by atoms with E-state index in [-0.39, 0.29) is 21.7 Å². The molecule has 0 saturated carbocycles. The predicted octanol–water partition coefficient (Wildman–Crippen LogP) is 30.0. The average Bonchev–Trinajstić information content (AvgIpc) is 1.54. The van der Waals surface area contributed by atoms with Crippen molar-refractivity contribution < 1.29 is 8.83 Å². The van der Waals surface area contributed by atoms with Crippen LogP contribution in [-0.2, 0) is 21.7 Å². The van der Waals surface area contributed by atoms with E-state index < -0.39 is 0 Å². The van der Waals surface area contributed by atoms with Gasteiger partial charge in [0.2, 0.25) is 0 Å². The highest BCUT2D eigenvalue weighted by Crippen LogP contribution is 2.59. The molecule has 0 aliphatic heterocycles. The van der Waals surface area contributed by atoms with Crippen LogP contribution in [0.5, 0.6) is 0 Å². The molecular weight excluding hydrogens is 1330 g/mol. The lowest BCUT2D eigenvalue weighted by Gasteiger charge is -2.24. The Balaban J connectivity index is 0.573. The number of hydrogen-bond acceptors (Lipinski definition) is 2. The predicted molar refractivity (Wildman–Crippen MR) is 463 cm³/mol. The van der Waals surface area contributed by atoms with E-state index in [1.54, 1.807) is 0 Å². The molecule has 0 atom stereocenters. The van der Waals surface area contributed by atoms with Gasteiger partial charge in [-0.1, -0.05) is 292 Å². The van der Waals surface area contributed by atoms with E-state index in [1.165, 1.54) is 187 Å². The van der Waals surface area contributed by atoms with Crippen LogP contribution in [0, 0.1) is 0 Å². The van der Waals surface area contributed by atoms with Crippen molar-refractivity contribution in [3.63, 3.8) is 0 Å². The molecule has 0 radical (unpaired) electrons. The summed E-state index contributed by atoms with van der Waals surface area (Å²) in [6, 6.07) is 115. The van der Waals surface area contributed by atoms with E-state index in [1.807, 2.05) is 0 Å². The molecule has 18 aromatic carbocycles. The van der Waals surface area contributed by atoms with E-state index in [4.69, 9.17) is 8.83 Å². The third kappa shape index (κ3) is 8.12. The fourth-order valence-electron chi connectivity index (χ4n) is 21.6. The normalized spacial score (nSPS) is 15.0. The standard InChI is InChI=1S/C108H74O2/c1-105(2)88-31-19-17-21-68(88)70-43-37-63(53-90(70)105)97-74-23-9-11-25-76(74)99(77-26-12-10-24-75(77)97)65-40-46-73-86-57-87-96(58-94(86)107(5,6)92(73)55-65)109-95-50-41-62-51-60(36-42-67(62)101(87)95)61-34-33-59-35-47-83-84-49-48-82-72-45-39-66(56-93(72)108(7,8)102(82)104(84)110-103(83)85(59)52-61)100-80-29-15-13-27-78(80)98(79-28-14-16-30-81(79)100)64-38-44-71-69-22-18-20-32-89(69)106(3,4)91(71)54-64/h9-58H,1-8H3. The van der Waals surface area contributed by atoms with Crippen LogP contribution in [0.3, 0.4) is 0 Å². The molecule has 2 aromatic heterocycles. The second-order valence-corrected chi connectivity index (χ2v) is 34.0. The third-order valence-corrected chi connectivity index (χ3v) is 27.0. The molecule has 4 aliphatic carbocycles. The molecule has 2 nitrogen and oxygen atoms in total. The number of fused-ring (bicyclic) bond motifs is 27. The lowest BCUT2D eigenvalue weighted by Crippen LogP contribution is -2.15. The maximum atomic E-state index is 7.41. The minimum Gasteiger partial charge on any atom is -0.456 e. The zero-order valence-corrected chi connectivity index (χ0v) is 62.7. The van der Waals surface area contributed by atoms with E-state index in [0.29, 0.717) is 0 Å². The smallest absolute Gasteiger partial charge is 0.143 e. The lowest BCUT2D eigenvalue weighted by atomic mass is 9.79.